The quantitative estimate of drug-likeness (QED) is 0.0268. The number of nitrogens with two attached hydrogens (primary N) is 1. The Balaban J connectivity index is 4.11. The standard InChI is InChI=1S/C44H84NO8P/c1-3-5-7-9-11-13-15-17-19-20-21-22-23-25-27-29-31-33-35-37-44(47)53-42(41-52-54(48,49)51-39-38-45)40-50-43(46)36-34-32-30-28-26-24-18-16-14-12-10-8-6-4-2/h11,13,17,19,42H,3-10,12,14-16,18,20-41,45H2,1-2H3,(H,48,49)/b13-11-,19-17-/t42-/m1/s1. The molecule has 3 N–H and O–H groups in total. The molecular weight excluding hydrogens is 701 g/mol. The Morgan fingerprint density at radius 2 is 0.963 bits per heavy atom. The topological polar surface area (TPSA) is 134 Å². The van der Waals surface area contributed by atoms with E-state index < -0.39 is 26.5 Å². The molecule has 0 aromatic rings. The summed E-state index contributed by atoms with van der Waals surface area (Å²) in [7, 11) is -4.37. The third-order valence-electron chi connectivity index (χ3n) is 9.59. The van der Waals surface area contributed by atoms with Crippen LogP contribution in [0.3, 0.4) is 0 Å². The van der Waals surface area contributed by atoms with Crippen LogP contribution < -0.4 is 5.73 Å². The smallest absolute Gasteiger partial charge is 0.462 e. The highest BCUT2D eigenvalue weighted by molar-refractivity contribution is 7.47. The van der Waals surface area contributed by atoms with Crippen molar-refractivity contribution in [2.75, 3.05) is 26.4 Å². The Morgan fingerprint density at radius 1 is 0.556 bits per heavy atom. The van der Waals surface area contributed by atoms with Gasteiger partial charge in [-0.15, -0.1) is 0 Å². The first kappa shape index (κ1) is 52.5. The number of hydrogen-bond acceptors (Lipinski definition) is 8. The van der Waals surface area contributed by atoms with E-state index in [0.717, 1.165) is 51.4 Å². The predicted molar refractivity (Wildman–Crippen MR) is 224 cm³/mol. The number of phosphoric acid groups is 1. The normalized spacial score (nSPS) is 13.5. The molecule has 0 aliphatic heterocycles. The molecule has 0 aromatic carbocycles. The lowest BCUT2D eigenvalue weighted by atomic mass is 10.0. The molecule has 0 saturated heterocycles. The average Bonchev–Trinajstić information content (AvgIpc) is 3.16. The highest BCUT2D eigenvalue weighted by atomic mass is 31.2. The molecule has 0 heterocycles. The van der Waals surface area contributed by atoms with E-state index in [-0.39, 0.29) is 38.6 Å². The van der Waals surface area contributed by atoms with Crippen molar-refractivity contribution in [3.8, 4) is 0 Å². The first-order valence-electron chi connectivity index (χ1n) is 22.3. The second-order valence-electron chi connectivity index (χ2n) is 14.9. The molecule has 2 atom stereocenters. The van der Waals surface area contributed by atoms with Crippen LogP contribution in [0.15, 0.2) is 24.3 Å². The molecule has 0 amide bonds. The maximum Gasteiger partial charge on any atom is 0.472 e. The predicted octanol–water partition coefficient (Wildman–Crippen LogP) is 12.8. The molecule has 0 aliphatic rings. The van der Waals surface area contributed by atoms with Gasteiger partial charge in [0.25, 0.3) is 0 Å². The van der Waals surface area contributed by atoms with Gasteiger partial charge in [-0.3, -0.25) is 18.6 Å². The van der Waals surface area contributed by atoms with Gasteiger partial charge in [-0.1, -0.05) is 179 Å². The van der Waals surface area contributed by atoms with Gasteiger partial charge in [0.05, 0.1) is 13.2 Å². The van der Waals surface area contributed by atoms with Gasteiger partial charge in [0, 0.05) is 19.4 Å². The first-order valence-corrected chi connectivity index (χ1v) is 23.8. The fourth-order valence-corrected chi connectivity index (χ4v) is 7.02. The minimum Gasteiger partial charge on any atom is -0.462 e. The van der Waals surface area contributed by atoms with Gasteiger partial charge >= 0.3 is 19.8 Å². The number of rotatable bonds is 42. The monoisotopic (exact) mass is 786 g/mol. The van der Waals surface area contributed by atoms with Gasteiger partial charge in [0.2, 0.25) is 0 Å². The number of esters is 2. The van der Waals surface area contributed by atoms with Crippen LogP contribution in [0.1, 0.15) is 213 Å². The minimum absolute atomic E-state index is 0.0543. The minimum atomic E-state index is -4.37. The van der Waals surface area contributed by atoms with E-state index in [2.05, 4.69) is 38.2 Å². The summed E-state index contributed by atoms with van der Waals surface area (Å²) in [4.78, 5) is 34.9. The third kappa shape index (κ3) is 40.2. The molecular formula is C44H84NO8P. The van der Waals surface area contributed by atoms with Crippen molar-refractivity contribution in [2.45, 2.75) is 219 Å². The Morgan fingerprint density at radius 3 is 1.44 bits per heavy atom. The van der Waals surface area contributed by atoms with Crippen molar-refractivity contribution >= 4 is 19.8 Å². The lowest BCUT2D eigenvalue weighted by molar-refractivity contribution is -0.161. The Bertz CT molecular complexity index is 944. The van der Waals surface area contributed by atoms with E-state index in [0.29, 0.717) is 6.42 Å². The van der Waals surface area contributed by atoms with E-state index >= 15 is 0 Å². The zero-order valence-electron chi connectivity index (χ0n) is 35.0. The molecule has 0 bridgehead atoms. The molecule has 0 fully saturated rings. The van der Waals surface area contributed by atoms with Crippen molar-refractivity contribution < 1.29 is 37.6 Å². The summed E-state index contributed by atoms with van der Waals surface area (Å²) >= 11 is 0. The molecule has 0 radical (unpaired) electrons. The first-order chi connectivity index (χ1) is 26.3. The maximum absolute atomic E-state index is 12.6. The number of phosphoric ester groups is 1. The highest BCUT2D eigenvalue weighted by Crippen LogP contribution is 2.43. The summed E-state index contributed by atoms with van der Waals surface area (Å²) < 4.78 is 32.8. The van der Waals surface area contributed by atoms with Crippen molar-refractivity contribution in [3.05, 3.63) is 24.3 Å². The number of hydrogen-bond donors (Lipinski definition) is 2. The van der Waals surface area contributed by atoms with Crippen molar-refractivity contribution in [1.82, 2.24) is 0 Å². The van der Waals surface area contributed by atoms with Crippen molar-refractivity contribution in [2.24, 2.45) is 5.73 Å². The molecule has 318 valence electrons. The van der Waals surface area contributed by atoms with Crippen LogP contribution in [0.5, 0.6) is 0 Å². The summed E-state index contributed by atoms with van der Waals surface area (Å²) in [5.41, 5.74) is 5.35. The lowest BCUT2D eigenvalue weighted by Crippen LogP contribution is -2.29. The molecule has 54 heavy (non-hydrogen) atoms. The summed E-state index contributed by atoms with van der Waals surface area (Å²) in [5, 5.41) is 0. The van der Waals surface area contributed by atoms with Gasteiger partial charge in [-0.2, -0.15) is 0 Å². The van der Waals surface area contributed by atoms with Crippen LogP contribution in [0.4, 0.5) is 0 Å². The summed E-state index contributed by atoms with van der Waals surface area (Å²) in [5.74, 6) is -0.825. The Labute approximate surface area is 332 Å². The molecule has 1 unspecified atom stereocenters. The van der Waals surface area contributed by atoms with Crippen LogP contribution in [0.25, 0.3) is 0 Å². The lowest BCUT2D eigenvalue weighted by Gasteiger charge is -2.19. The maximum atomic E-state index is 12.6. The second kappa shape index (κ2) is 41.1. The van der Waals surface area contributed by atoms with Crippen molar-refractivity contribution in [3.63, 3.8) is 0 Å². The number of unbranched alkanes of at least 4 members (excludes halogenated alkanes) is 25. The number of carbonyl (C=O) groups excluding carboxylic acids is 2. The van der Waals surface area contributed by atoms with E-state index in [9.17, 15) is 19.0 Å². The molecule has 0 saturated carbocycles. The van der Waals surface area contributed by atoms with Gasteiger partial charge in [0.1, 0.15) is 6.61 Å². The fraction of sp³-hybridized carbons (Fsp3) is 0.864. The molecule has 0 aliphatic carbocycles. The number of ether oxygens (including phenoxy) is 2. The van der Waals surface area contributed by atoms with Gasteiger partial charge in [-0.25, -0.2) is 4.57 Å². The molecule has 10 heteroatoms. The average molecular weight is 786 g/mol. The van der Waals surface area contributed by atoms with Crippen LogP contribution in [0.2, 0.25) is 0 Å². The molecule has 0 aromatic heterocycles. The van der Waals surface area contributed by atoms with Crippen LogP contribution in [0, 0.1) is 0 Å². The summed E-state index contributed by atoms with van der Waals surface area (Å²) in [6.45, 7) is 3.72. The van der Waals surface area contributed by atoms with Gasteiger partial charge < -0.3 is 20.1 Å². The Hall–Kier alpha value is -1.51. The van der Waals surface area contributed by atoms with E-state index in [1.807, 2.05) is 0 Å². The van der Waals surface area contributed by atoms with E-state index in [1.165, 1.54) is 128 Å². The highest BCUT2D eigenvalue weighted by Gasteiger charge is 2.26. The van der Waals surface area contributed by atoms with E-state index in [4.69, 9.17) is 24.3 Å². The number of allylic oxidation sites excluding steroid dienone is 4. The Kier molecular flexibility index (Phi) is 40.0. The van der Waals surface area contributed by atoms with Gasteiger partial charge in [0.15, 0.2) is 6.10 Å². The third-order valence-corrected chi connectivity index (χ3v) is 10.6. The zero-order valence-corrected chi connectivity index (χ0v) is 35.9. The fourth-order valence-electron chi connectivity index (χ4n) is 6.25. The van der Waals surface area contributed by atoms with Crippen LogP contribution in [-0.2, 0) is 32.7 Å². The SMILES string of the molecule is CCCCC/C=C\C/C=C\CCCCCCCCCCCC(=O)O[C@H](COC(=O)CCCCCCCCCCCCCCCC)COP(=O)(O)OCCN. The zero-order chi connectivity index (χ0) is 39.6. The van der Waals surface area contributed by atoms with E-state index in [1.54, 1.807) is 0 Å². The largest absolute Gasteiger partial charge is 0.472 e. The number of carbonyl (C=O) groups is 2. The van der Waals surface area contributed by atoms with Crippen LogP contribution >= 0.6 is 7.82 Å². The molecule has 9 nitrogen and oxygen atoms in total. The summed E-state index contributed by atoms with van der Waals surface area (Å²) in [6.07, 6.45) is 43.4. The molecule has 0 spiro atoms. The molecule has 0 rings (SSSR count). The summed E-state index contributed by atoms with van der Waals surface area (Å²) in [6, 6.07) is 0. The van der Waals surface area contributed by atoms with Crippen LogP contribution in [-0.4, -0.2) is 49.3 Å². The van der Waals surface area contributed by atoms with Gasteiger partial charge in [-0.05, 0) is 44.9 Å². The van der Waals surface area contributed by atoms with Crippen molar-refractivity contribution in [1.29, 1.82) is 0 Å². The second-order valence-corrected chi connectivity index (χ2v) is 16.4.